The van der Waals surface area contributed by atoms with Crippen LogP contribution in [0.1, 0.15) is 26.7 Å². The molecule has 1 atom stereocenters. The van der Waals surface area contributed by atoms with E-state index in [9.17, 15) is 8.42 Å². The lowest BCUT2D eigenvalue weighted by molar-refractivity contribution is 0.463. The quantitative estimate of drug-likeness (QED) is 0.806. The van der Waals surface area contributed by atoms with Gasteiger partial charge in [-0.05, 0) is 50.6 Å². The van der Waals surface area contributed by atoms with Gasteiger partial charge in [-0.25, -0.2) is 12.7 Å². The van der Waals surface area contributed by atoms with E-state index in [-0.39, 0.29) is 5.54 Å². The summed E-state index contributed by atoms with van der Waals surface area (Å²) in [5.74, 6) is 0. The van der Waals surface area contributed by atoms with Crippen molar-refractivity contribution < 1.29 is 8.42 Å². The maximum absolute atomic E-state index is 12.0. The maximum atomic E-state index is 12.0. The Kier molecular flexibility index (Phi) is 5.56. The van der Waals surface area contributed by atoms with Crippen LogP contribution in [0.25, 0.3) is 0 Å². The molecule has 0 aliphatic rings. The van der Waals surface area contributed by atoms with E-state index in [0.717, 1.165) is 18.5 Å². The Balaban J connectivity index is 2.93. The van der Waals surface area contributed by atoms with Crippen molar-refractivity contribution in [2.24, 2.45) is 5.73 Å². The van der Waals surface area contributed by atoms with Crippen molar-refractivity contribution in [2.75, 3.05) is 26.0 Å². The summed E-state index contributed by atoms with van der Waals surface area (Å²) in [7, 11) is -0.318. The normalized spacial score (nSPS) is 15.1. The van der Waals surface area contributed by atoms with E-state index >= 15 is 0 Å². The second kappa shape index (κ2) is 6.56. The monoisotopic (exact) mass is 299 g/mol. The highest BCUT2D eigenvalue weighted by molar-refractivity contribution is 7.89. The van der Waals surface area contributed by atoms with Crippen LogP contribution in [0.4, 0.5) is 5.69 Å². The summed E-state index contributed by atoms with van der Waals surface area (Å²) in [4.78, 5) is 0.296. The third kappa shape index (κ3) is 3.94. The number of anilines is 1. The lowest BCUT2D eigenvalue weighted by Gasteiger charge is -2.30. The molecule has 6 heteroatoms. The number of benzene rings is 1. The zero-order valence-corrected chi connectivity index (χ0v) is 13.5. The Labute approximate surface area is 122 Å². The van der Waals surface area contributed by atoms with E-state index in [1.807, 2.05) is 0 Å². The highest BCUT2D eigenvalue weighted by atomic mass is 32.2. The van der Waals surface area contributed by atoms with Crippen molar-refractivity contribution in [1.29, 1.82) is 0 Å². The van der Waals surface area contributed by atoms with Crippen LogP contribution in [0.3, 0.4) is 0 Å². The van der Waals surface area contributed by atoms with E-state index in [1.54, 1.807) is 24.3 Å². The minimum absolute atomic E-state index is 0.0727. The molecule has 0 fully saturated rings. The van der Waals surface area contributed by atoms with Gasteiger partial charge in [-0.3, -0.25) is 0 Å². The number of hydrogen-bond acceptors (Lipinski definition) is 4. The molecule has 0 aromatic heterocycles. The molecule has 1 aromatic carbocycles. The Hall–Kier alpha value is -1.11. The molecular formula is C14H25N3O2S. The number of sulfonamides is 1. The molecule has 0 heterocycles. The van der Waals surface area contributed by atoms with Gasteiger partial charge < -0.3 is 11.1 Å². The first kappa shape index (κ1) is 16.9. The fraction of sp³-hybridized carbons (Fsp3) is 0.571. The second-order valence-electron chi connectivity index (χ2n) is 5.39. The predicted molar refractivity (Wildman–Crippen MR) is 83.3 cm³/mol. The molecule has 0 aliphatic heterocycles. The standard InChI is InChI=1S/C14H25N3O2S/c1-5-14(2,10-11-15)16-12-6-8-13(9-7-12)20(18,19)17(3)4/h6-9,16H,5,10-11,15H2,1-4H3. The summed E-state index contributed by atoms with van der Waals surface area (Å²) < 4.78 is 25.2. The highest BCUT2D eigenvalue weighted by Crippen LogP contribution is 2.23. The van der Waals surface area contributed by atoms with Gasteiger partial charge >= 0.3 is 0 Å². The molecule has 0 radical (unpaired) electrons. The average molecular weight is 299 g/mol. The molecule has 1 aromatic rings. The number of nitrogens with one attached hydrogen (secondary N) is 1. The van der Waals surface area contributed by atoms with Crippen molar-refractivity contribution in [2.45, 2.75) is 37.1 Å². The Bertz CT molecular complexity index is 526. The summed E-state index contributed by atoms with van der Waals surface area (Å²) in [6.07, 6.45) is 1.81. The zero-order chi connectivity index (χ0) is 15.4. The summed E-state index contributed by atoms with van der Waals surface area (Å²) in [6, 6.07) is 6.83. The van der Waals surface area contributed by atoms with Gasteiger partial charge in [0.1, 0.15) is 0 Å². The molecule has 114 valence electrons. The van der Waals surface area contributed by atoms with Gasteiger partial charge in [0.05, 0.1) is 4.90 Å². The highest BCUT2D eigenvalue weighted by Gasteiger charge is 2.21. The summed E-state index contributed by atoms with van der Waals surface area (Å²) in [5, 5.41) is 3.43. The largest absolute Gasteiger partial charge is 0.380 e. The molecule has 1 unspecified atom stereocenters. The van der Waals surface area contributed by atoms with Crippen molar-refractivity contribution in [1.82, 2.24) is 4.31 Å². The van der Waals surface area contributed by atoms with E-state index in [0.29, 0.717) is 11.4 Å². The molecule has 0 amide bonds. The smallest absolute Gasteiger partial charge is 0.242 e. The fourth-order valence-electron chi connectivity index (χ4n) is 1.92. The van der Waals surface area contributed by atoms with Crippen LogP contribution in [0.2, 0.25) is 0 Å². The molecule has 0 aliphatic carbocycles. The lowest BCUT2D eigenvalue weighted by atomic mass is 9.94. The minimum atomic E-state index is -3.37. The third-order valence-electron chi connectivity index (χ3n) is 3.56. The van der Waals surface area contributed by atoms with Crippen molar-refractivity contribution in [3.8, 4) is 0 Å². The van der Waals surface area contributed by atoms with E-state index in [4.69, 9.17) is 5.73 Å². The molecule has 5 nitrogen and oxygen atoms in total. The topological polar surface area (TPSA) is 75.4 Å². The first-order valence-electron chi connectivity index (χ1n) is 6.76. The lowest BCUT2D eigenvalue weighted by Crippen LogP contribution is -2.36. The minimum Gasteiger partial charge on any atom is -0.380 e. The number of rotatable bonds is 7. The van der Waals surface area contributed by atoms with Gasteiger partial charge in [-0.15, -0.1) is 0 Å². The molecular weight excluding hydrogens is 274 g/mol. The van der Waals surface area contributed by atoms with Gasteiger partial charge in [0.15, 0.2) is 0 Å². The van der Waals surface area contributed by atoms with Gasteiger partial charge in [0, 0.05) is 25.3 Å². The SMILES string of the molecule is CCC(C)(CCN)Nc1ccc(S(=O)(=O)N(C)C)cc1. The molecule has 1 rings (SSSR count). The molecule has 0 spiro atoms. The Morgan fingerprint density at radius 2 is 1.80 bits per heavy atom. The van der Waals surface area contributed by atoms with Crippen molar-refractivity contribution in [3.63, 3.8) is 0 Å². The zero-order valence-electron chi connectivity index (χ0n) is 12.7. The second-order valence-corrected chi connectivity index (χ2v) is 7.54. The van der Waals surface area contributed by atoms with E-state index in [2.05, 4.69) is 19.2 Å². The molecule has 0 saturated carbocycles. The van der Waals surface area contributed by atoms with Gasteiger partial charge in [-0.2, -0.15) is 0 Å². The van der Waals surface area contributed by atoms with Crippen molar-refractivity contribution >= 4 is 15.7 Å². The predicted octanol–water partition coefficient (Wildman–Crippen LogP) is 1.87. The number of nitrogens with zero attached hydrogens (tertiary/aromatic N) is 1. The van der Waals surface area contributed by atoms with E-state index in [1.165, 1.54) is 18.4 Å². The van der Waals surface area contributed by atoms with Gasteiger partial charge in [0.25, 0.3) is 0 Å². The summed E-state index contributed by atoms with van der Waals surface area (Å²) >= 11 is 0. The molecule has 20 heavy (non-hydrogen) atoms. The Morgan fingerprint density at radius 1 is 1.25 bits per heavy atom. The van der Waals surface area contributed by atoms with E-state index < -0.39 is 10.0 Å². The molecule has 3 N–H and O–H groups in total. The fourth-order valence-corrected chi connectivity index (χ4v) is 2.82. The number of nitrogens with two attached hydrogens (primary N) is 1. The first-order chi connectivity index (χ1) is 9.25. The molecule has 0 bridgehead atoms. The van der Waals surface area contributed by atoms with Crippen LogP contribution in [0.15, 0.2) is 29.2 Å². The maximum Gasteiger partial charge on any atom is 0.242 e. The van der Waals surface area contributed by atoms with Crippen LogP contribution >= 0.6 is 0 Å². The summed E-state index contributed by atoms with van der Waals surface area (Å²) in [6.45, 7) is 4.84. The first-order valence-corrected chi connectivity index (χ1v) is 8.20. The van der Waals surface area contributed by atoms with Crippen LogP contribution in [-0.2, 0) is 10.0 Å². The van der Waals surface area contributed by atoms with Crippen LogP contribution in [-0.4, -0.2) is 38.9 Å². The summed E-state index contributed by atoms with van der Waals surface area (Å²) in [5.41, 5.74) is 6.46. The number of hydrogen-bond donors (Lipinski definition) is 2. The molecule has 0 saturated heterocycles. The van der Waals surface area contributed by atoms with Crippen LogP contribution in [0.5, 0.6) is 0 Å². The average Bonchev–Trinajstić information content (AvgIpc) is 2.39. The Morgan fingerprint density at radius 3 is 2.20 bits per heavy atom. The van der Waals surface area contributed by atoms with Crippen LogP contribution in [0, 0.1) is 0 Å². The van der Waals surface area contributed by atoms with Gasteiger partial charge in [-0.1, -0.05) is 6.92 Å². The van der Waals surface area contributed by atoms with Crippen LogP contribution < -0.4 is 11.1 Å². The third-order valence-corrected chi connectivity index (χ3v) is 5.38. The van der Waals surface area contributed by atoms with Gasteiger partial charge in [0.2, 0.25) is 10.0 Å². The van der Waals surface area contributed by atoms with Crippen molar-refractivity contribution in [3.05, 3.63) is 24.3 Å².